The predicted octanol–water partition coefficient (Wildman–Crippen LogP) is 4.84. The molecule has 12 heteroatoms. The summed E-state index contributed by atoms with van der Waals surface area (Å²) in [7, 11) is 0. The van der Waals surface area contributed by atoms with Gasteiger partial charge in [-0.15, -0.1) is 0 Å². The highest BCUT2D eigenvalue weighted by Crippen LogP contribution is 2.32. The van der Waals surface area contributed by atoms with E-state index in [-0.39, 0.29) is 23.1 Å². The molecule has 196 valence electrons. The van der Waals surface area contributed by atoms with E-state index in [1.54, 1.807) is 47.1 Å². The van der Waals surface area contributed by atoms with Crippen molar-refractivity contribution in [1.29, 1.82) is 0 Å². The van der Waals surface area contributed by atoms with Crippen LogP contribution in [0.15, 0.2) is 70.6 Å². The molecule has 0 fully saturated rings. The lowest BCUT2D eigenvalue weighted by Crippen LogP contribution is -2.27. The minimum Gasteiger partial charge on any atom is -0.381 e. The molecule has 0 radical (unpaired) electrons. The molecule has 0 aliphatic heterocycles. The van der Waals surface area contributed by atoms with Crippen molar-refractivity contribution in [2.75, 3.05) is 5.32 Å². The normalized spacial score (nSPS) is 12.8. The van der Waals surface area contributed by atoms with Crippen molar-refractivity contribution in [2.24, 2.45) is 0 Å². The summed E-state index contributed by atoms with van der Waals surface area (Å²) in [6, 6.07) is 11.4. The highest BCUT2D eigenvalue weighted by Gasteiger charge is 2.37. The Balaban J connectivity index is 1.31. The first-order chi connectivity index (χ1) is 18.1. The average molecular weight is 526 g/mol. The van der Waals surface area contributed by atoms with Crippen molar-refractivity contribution < 1.29 is 17.6 Å². The topological polar surface area (TPSA) is 97.1 Å². The lowest BCUT2D eigenvalue weighted by atomic mass is 10.1. The van der Waals surface area contributed by atoms with Gasteiger partial charge in [0.25, 0.3) is 11.1 Å². The molecule has 1 atom stereocenters. The Morgan fingerprint density at radius 1 is 1.11 bits per heavy atom. The molecular weight excluding hydrogens is 504 g/mol. The van der Waals surface area contributed by atoms with Gasteiger partial charge in [0, 0.05) is 30.5 Å². The van der Waals surface area contributed by atoms with Crippen LogP contribution in [0.1, 0.15) is 25.3 Å². The Bertz CT molecular complexity index is 1720. The summed E-state index contributed by atoms with van der Waals surface area (Å²) < 4.78 is 57.9. The number of pyridine rings is 2. The SMILES string of the molecule is CC(CCCn1ccc2cc(-c3cc4ccccn4n3)c(F)cc2c1=O)Nc1cn[nH]c(=O)c1C(F)(F)F. The largest absolute Gasteiger partial charge is 0.423 e. The van der Waals surface area contributed by atoms with Crippen LogP contribution in [0.2, 0.25) is 0 Å². The number of anilines is 1. The number of H-pyrrole nitrogens is 1. The van der Waals surface area contributed by atoms with Gasteiger partial charge >= 0.3 is 6.18 Å². The van der Waals surface area contributed by atoms with E-state index in [4.69, 9.17) is 0 Å². The molecule has 0 saturated heterocycles. The molecule has 0 bridgehead atoms. The fourth-order valence-electron chi connectivity index (χ4n) is 4.44. The molecule has 4 heterocycles. The van der Waals surface area contributed by atoms with Gasteiger partial charge in [-0.25, -0.2) is 14.0 Å². The van der Waals surface area contributed by atoms with E-state index in [2.05, 4.69) is 15.5 Å². The zero-order valence-electron chi connectivity index (χ0n) is 20.1. The third-order valence-electron chi connectivity index (χ3n) is 6.29. The standard InChI is InChI=1S/C26H22F4N6O2/c1-15(32-22-14-31-33-24(37)23(22)26(28,29)30)5-4-8-35-10-7-16-11-19(20(27)13-18(16)25(35)38)21-12-17-6-2-3-9-36(17)34-21/h2-3,6-7,9-15H,4-5,8H2,1H3,(H2,32,33,37). The van der Waals surface area contributed by atoms with Crippen LogP contribution < -0.4 is 16.4 Å². The summed E-state index contributed by atoms with van der Waals surface area (Å²) in [4.78, 5) is 24.6. The average Bonchev–Trinajstić information content (AvgIpc) is 3.29. The van der Waals surface area contributed by atoms with Crippen LogP contribution >= 0.6 is 0 Å². The number of benzene rings is 1. The molecule has 1 unspecified atom stereocenters. The molecule has 4 aromatic heterocycles. The minimum atomic E-state index is -4.84. The predicted molar refractivity (Wildman–Crippen MR) is 135 cm³/mol. The highest BCUT2D eigenvalue weighted by atomic mass is 19.4. The molecule has 2 N–H and O–H groups in total. The zero-order valence-corrected chi connectivity index (χ0v) is 20.1. The van der Waals surface area contributed by atoms with Crippen molar-refractivity contribution in [1.82, 2.24) is 24.4 Å². The van der Waals surface area contributed by atoms with Crippen molar-refractivity contribution in [3.63, 3.8) is 0 Å². The van der Waals surface area contributed by atoms with E-state index in [1.807, 2.05) is 18.2 Å². The Labute approximate surface area is 212 Å². The second-order valence-corrected chi connectivity index (χ2v) is 9.01. The molecule has 0 amide bonds. The van der Waals surface area contributed by atoms with Gasteiger partial charge < -0.3 is 9.88 Å². The third kappa shape index (κ3) is 4.89. The van der Waals surface area contributed by atoms with Crippen LogP contribution in [0.5, 0.6) is 0 Å². The van der Waals surface area contributed by atoms with Gasteiger partial charge in [0.1, 0.15) is 11.4 Å². The number of nitrogens with one attached hydrogen (secondary N) is 2. The molecule has 5 aromatic rings. The van der Waals surface area contributed by atoms with Gasteiger partial charge in [-0.3, -0.25) is 9.59 Å². The smallest absolute Gasteiger partial charge is 0.381 e. The van der Waals surface area contributed by atoms with Crippen LogP contribution in [-0.2, 0) is 12.7 Å². The van der Waals surface area contributed by atoms with Crippen LogP contribution in [0, 0.1) is 5.82 Å². The zero-order chi connectivity index (χ0) is 27.0. The minimum absolute atomic E-state index is 0.216. The molecule has 38 heavy (non-hydrogen) atoms. The van der Waals surface area contributed by atoms with Gasteiger partial charge in [-0.2, -0.15) is 23.4 Å². The number of alkyl halides is 3. The van der Waals surface area contributed by atoms with E-state index < -0.39 is 34.8 Å². The van der Waals surface area contributed by atoms with E-state index in [9.17, 15) is 22.8 Å². The fraction of sp³-hybridized carbons (Fsp3) is 0.231. The summed E-state index contributed by atoms with van der Waals surface area (Å²) in [5.74, 6) is -0.569. The molecule has 8 nitrogen and oxygen atoms in total. The number of hydrogen-bond acceptors (Lipinski definition) is 5. The molecule has 0 aliphatic carbocycles. The van der Waals surface area contributed by atoms with E-state index in [1.165, 1.54) is 10.6 Å². The Hall–Kier alpha value is -4.48. The first kappa shape index (κ1) is 25.2. The first-order valence-electron chi connectivity index (χ1n) is 11.8. The molecule has 1 aromatic carbocycles. The number of nitrogens with zero attached hydrogens (tertiary/aromatic N) is 4. The highest BCUT2D eigenvalue weighted by molar-refractivity contribution is 5.86. The van der Waals surface area contributed by atoms with Gasteiger partial charge in [0.2, 0.25) is 0 Å². The van der Waals surface area contributed by atoms with Crippen LogP contribution in [-0.4, -0.2) is 30.4 Å². The molecular formula is C26H22F4N6O2. The van der Waals surface area contributed by atoms with Crippen LogP contribution in [0.25, 0.3) is 27.5 Å². The number of aromatic amines is 1. The number of halogens is 4. The van der Waals surface area contributed by atoms with E-state index in [0.717, 1.165) is 11.7 Å². The van der Waals surface area contributed by atoms with Crippen molar-refractivity contribution in [2.45, 2.75) is 38.5 Å². The maximum atomic E-state index is 15.0. The Morgan fingerprint density at radius 2 is 1.92 bits per heavy atom. The third-order valence-corrected chi connectivity index (χ3v) is 6.29. The first-order valence-corrected chi connectivity index (χ1v) is 11.8. The lowest BCUT2D eigenvalue weighted by Gasteiger charge is -2.18. The number of rotatable bonds is 7. The summed E-state index contributed by atoms with van der Waals surface area (Å²) in [5, 5.41) is 13.1. The monoisotopic (exact) mass is 526 g/mol. The summed E-state index contributed by atoms with van der Waals surface area (Å²) >= 11 is 0. The summed E-state index contributed by atoms with van der Waals surface area (Å²) in [6.45, 7) is 1.94. The van der Waals surface area contributed by atoms with Gasteiger partial charge in [-0.1, -0.05) is 6.07 Å². The van der Waals surface area contributed by atoms with Gasteiger partial charge in [0.05, 0.1) is 28.5 Å². The van der Waals surface area contributed by atoms with Crippen LogP contribution in [0.3, 0.4) is 0 Å². The Morgan fingerprint density at radius 3 is 2.68 bits per heavy atom. The maximum Gasteiger partial charge on any atom is 0.423 e. The molecule has 5 rings (SSSR count). The van der Waals surface area contributed by atoms with E-state index >= 15 is 4.39 Å². The number of hydrogen-bond donors (Lipinski definition) is 2. The van der Waals surface area contributed by atoms with Gasteiger partial charge in [0.15, 0.2) is 0 Å². The molecule has 0 saturated carbocycles. The second-order valence-electron chi connectivity index (χ2n) is 9.01. The number of aromatic nitrogens is 5. The van der Waals surface area contributed by atoms with Crippen molar-refractivity contribution >= 4 is 22.0 Å². The maximum absolute atomic E-state index is 15.0. The fourth-order valence-corrected chi connectivity index (χ4v) is 4.44. The Kier molecular flexibility index (Phi) is 6.47. The quantitative estimate of drug-likeness (QED) is 0.296. The number of aryl methyl sites for hydroxylation is 1. The second kappa shape index (κ2) is 9.77. The molecule has 0 spiro atoms. The number of fused-ring (bicyclic) bond motifs is 2. The van der Waals surface area contributed by atoms with Crippen molar-refractivity contribution in [3.05, 3.63) is 93.1 Å². The summed E-state index contributed by atoms with van der Waals surface area (Å²) in [5.41, 5.74) is -1.90. The van der Waals surface area contributed by atoms with Gasteiger partial charge in [-0.05, 0) is 61.5 Å². The van der Waals surface area contributed by atoms with Crippen LogP contribution in [0.4, 0.5) is 23.2 Å². The van der Waals surface area contributed by atoms with Crippen molar-refractivity contribution in [3.8, 4) is 11.3 Å². The molecule has 0 aliphatic rings. The van der Waals surface area contributed by atoms with E-state index in [0.29, 0.717) is 23.9 Å². The summed E-state index contributed by atoms with van der Waals surface area (Å²) in [6.07, 6.45) is 0.297. The lowest BCUT2D eigenvalue weighted by molar-refractivity contribution is -0.138.